The van der Waals surface area contributed by atoms with Crippen molar-refractivity contribution < 1.29 is 19.4 Å². The molecule has 2 rings (SSSR count). The lowest BCUT2D eigenvalue weighted by molar-refractivity contribution is -0.140. The van der Waals surface area contributed by atoms with Crippen LogP contribution in [0.5, 0.6) is 5.75 Å². The third kappa shape index (κ3) is 3.34. The van der Waals surface area contributed by atoms with Crippen LogP contribution >= 0.6 is 0 Å². The minimum Gasteiger partial charge on any atom is -0.493 e. The Morgan fingerprint density at radius 3 is 3.00 bits per heavy atom. The number of aliphatic carboxylic acids is 1. The summed E-state index contributed by atoms with van der Waals surface area (Å²) in [7, 11) is 0. The maximum absolute atomic E-state index is 11.5. The van der Waals surface area contributed by atoms with Gasteiger partial charge in [-0.1, -0.05) is 6.07 Å². The van der Waals surface area contributed by atoms with E-state index in [0.29, 0.717) is 6.61 Å². The lowest BCUT2D eigenvalue weighted by atomic mass is 10.1. The smallest absolute Gasteiger partial charge is 0.325 e. The third-order valence-electron chi connectivity index (χ3n) is 2.87. The van der Waals surface area contributed by atoms with Crippen LogP contribution in [0.4, 0.5) is 0 Å². The molecule has 1 unspecified atom stereocenters. The summed E-state index contributed by atoms with van der Waals surface area (Å²) in [6.07, 6.45) is 3.86. The number of carbonyl (C=O) groups excluding carboxylic acids is 1. The van der Waals surface area contributed by atoms with Crippen LogP contribution < -0.4 is 10.1 Å². The van der Waals surface area contributed by atoms with Crippen LogP contribution in [0.25, 0.3) is 6.08 Å². The average Bonchev–Trinajstić information content (AvgIpc) is 2.83. The second-order valence-corrected chi connectivity index (χ2v) is 4.37. The van der Waals surface area contributed by atoms with Crippen LogP contribution in [-0.2, 0) is 16.0 Å². The molecule has 1 heterocycles. The molecule has 1 aliphatic heterocycles. The van der Waals surface area contributed by atoms with Crippen LogP contribution in [0.1, 0.15) is 18.1 Å². The van der Waals surface area contributed by atoms with Crippen molar-refractivity contribution >= 4 is 18.0 Å². The highest BCUT2D eigenvalue weighted by Crippen LogP contribution is 2.26. The number of benzene rings is 1. The fraction of sp³-hybridized carbons (Fsp3) is 0.286. The molecule has 0 saturated carbocycles. The van der Waals surface area contributed by atoms with Gasteiger partial charge in [-0.15, -0.1) is 0 Å². The fourth-order valence-corrected chi connectivity index (χ4v) is 1.81. The molecule has 19 heavy (non-hydrogen) atoms. The Labute approximate surface area is 110 Å². The van der Waals surface area contributed by atoms with Crippen LogP contribution in [0.3, 0.4) is 0 Å². The minimum absolute atomic E-state index is 0.424. The summed E-state index contributed by atoms with van der Waals surface area (Å²) in [5.41, 5.74) is 2.02. The summed E-state index contributed by atoms with van der Waals surface area (Å²) in [4.78, 5) is 22.1. The van der Waals surface area contributed by atoms with E-state index in [2.05, 4.69) is 5.32 Å². The van der Waals surface area contributed by atoms with Crippen molar-refractivity contribution in [1.29, 1.82) is 0 Å². The second kappa shape index (κ2) is 5.56. The van der Waals surface area contributed by atoms with Gasteiger partial charge in [0.2, 0.25) is 5.91 Å². The summed E-state index contributed by atoms with van der Waals surface area (Å²) in [6.45, 7) is 2.11. The van der Waals surface area contributed by atoms with Gasteiger partial charge in [-0.3, -0.25) is 9.59 Å². The second-order valence-electron chi connectivity index (χ2n) is 4.37. The van der Waals surface area contributed by atoms with E-state index in [1.807, 2.05) is 18.2 Å². The summed E-state index contributed by atoms with van der Waals surface area (Å²) in [6, 6.07) is 4.80. The average molecular weight is 261 g/mol. The molecule has 1 aliphatic rings. The molecule has 2 N–H and O–H groups in total. The van der Waals surface area contributed by atoms with Crippen LogP contribution in [0.15, 0.2) is 24.3 Å². The number of carboxylic acids is 1. The highest BCUT2D eigenvalue weighted by molar-refractivity contribution is 5.94. The van der Waals surface area contributed by atoms with Crippen molar-refractivity contribution in [2.45, 2.75) is 19.4 Å². The van der Waals surface area contributed by atoms with Gasteiger partial charge in [0.1, 0.15) is 11.8 Å². The maximum Gasteiger partial charge on any atom is 0.325 e. The van der Waals surface area contributed by atoms with Crippen molar-refractivity contribution in [1.82, 2.24) is 5.32 Å². The van der Waals surface area contributed by atoms with Gasteiger partial charge in [0.05, 0.1) is 6.61 Å². The molecule has 1 aromatic carbocycles. The van der Waals surface area contributed by atoms with Gasteiger partial charge in [0.15, 0.2) is 0 Å². The van der Waals surface area contributed by atoms with Gasteiger partial charge < -0.3 is 15.2 Å². The standard InChI is InChI=1S/C14H15NO4/c1-9(14(17)18)15-13(16)5-3-10-2-4-12-11(8-10)6-7-19-12/h2-5,8-9H,6-7H2,1H3,(H,15,16)(H,17,18)/b5-3+. The predicted octanol–water partition coefficient (Wildman–Crippen LogP) is 1.22. The van der Waals surface area contributed by atoms with Crippen molar-refractivity contribution in [2.24, 2.45) is 0 Å². The number of fused-ring (bicyclic) bond motifs is 1. The Morgan fingerprint density at radius 1 is 1.47 bits per heavy atom. The highest BCUT2D eigenvalue weighted by atomic mass is 16.5. The first-order chi connectivity index (χ1) is 9.06. The molecule has 5 nitrogen and oxygen atoms in total. The molecule has 0 aliphatic carbocycles. The van der Waals surface area contributed by atoms with E-state index in [1.54, 1.807) is 6.08 Å². The lowest BCUT2D eigenvalue weighted by Crippen LogP contribution is -2.37. The van der Waals surface area contributed by atoms with Crippen molar-refractivity contribution in [3.05, 3.63) is 35.4 Å². The van der Waals surface area contributed by atoms with Crippen molar-refractivity contribution in [3.63, 3.8) is 0 Å². The Hall–Kier alpha value is -2.30. The number of nitrogens with one attached hydrogen (secondary N) is 1. The molecule has 0 aromatic heterocycles. The summed E-state index contributed by atoms with van der Waals surface area (Å²) >= 11 is 0. The van der Waals surface area contributed by atoms with E-state index >= 15 is 0 Å². The van der Waals surface area contributed by atoms with Gasteiger partial charge in [0, 0.05) is 12.5 Å². The number of amides is 1. The molecular formula is C14H15NO4. The first-order valence-electron chi connectivity index (χ1n) is 6.03. The quantitative estimate of drug-likeness (QED) is 0.799. The SMILES string of the molecule is CC(NC(=O)/C=C/c1ccc2c(c1)CCO2)C(=O)O. The Morgan fingerprint density at radius 2 is 2.26 bits per heavy atom. The van der Waals surface area contributed by atoms with Gasteiger partial charge in [-0.05, 0) is 36.3 Å². The van der Waals surface area contributed by atoms with E-state index in [0.717, 1.165) is 23.3 Å². The first kappa shape index (κ1) is 13.1. The molecule has 0 fully saturated rings. The summed E-state index contributed by atoms with van der Waals surface area (Å²) < 4.78 is 5.39. The van der Waals surface area contributed by atoms with Gasteiger partial charge in [-0.25, -0.2) is 0 Å². The van der Waals surface area contributed by atoms with Crippen LogP contribution in [-0.4, -0.2) is 29.6 Å². The molecule has 5 heteroatoms. The van der Waals surface area contributed by atoms with Crippen LogP contribution in [0, 0.1) is 0 Å². The van der Waals surface area contributed by atoms with E-state index in [9.17, 15) is 9.59 Å². The largest absolute Gasteiger partial charge is 0.493 e. The molecule has 1 aromatic rings. The summed E-state index contributed by atoms with van der Waals surface area (Å²) in [5, 5.41) is 11.0. The number of ether oxygens (including phenoxy) is 1. The number of hydrogen-bond donors (Lipinski definition) is 2. The molecule has 1 amide bonds. The number of carbonyl (C=O) groups is 2. The molecule has 0 spiro atoms. The highest BCUT2D eigenvalue weighted by Gasteiger charge is 2.13. The molecule has 0 radical (unpaired) electrons. The van der Waals surface area contributed by atoms with Gasteiger partial charge in [-0.2, -0.15) is 0 Å². The topological polar surface area (TPSA) is 75.6 Å². The molecule has 0 bridgehead atoms. The zero-order valence-electron chi connectivity index (χ0n) is 10.6. The third-order valence-corrected chi connectivity index (χ3v) is 2.87. The predicted molar refractivity (Wildman–Crippen MR) is 69.9 cm³/mol. The normalized spacial score (nSPS) is 14.8. The van der Waals surface area contributed by atoms with E-state index in [1.165, 1.54) is 13.0 Å². The Balaban J connectivity index is 1.98. The Bertz CT molecular complexity index is 536. The molecule has 100 valence electrons. The van der Waals surface area contributed by atoms with Crippen molar-refractivity contribution in [2.75, 3.05) is 6.61 Å². The fourth-order valence-electron chi connectivity index (χ4n) is 1.81. The number of rotatable bonds is 4. The van der Waals surface area contributed by atoms with E-state index < -0.39 is 17.9 Å². The number of hydrogen-bond acceptors (Lipinski definition) is 3. The monoisotopic (exact) mass is 261 g/mol. The van der Waals surface area contributed by atoms with Crippen LogP contribution in [0.2, 0.25) is 0 Å². The van der Waals surface area contributed by atoms with Gasteiger partial charge >= 0.3 is 5.97 Å². The molecular weight excluding hydrogens is 246 g/mol. The Kier molecular flexibility index (Phi) is 3.85. The van der Waals surface area contributed by atoms with Gasteiger partial charge in [0.25, 0.3) is 0 Å². The van der Waals surface area contributed by atoms with Crippen molar-refractivity contribution in [3.8, 4) is 5.75 Å². The lowest BCUT2D eigenvalue weighted by Gasteiger charge is -2.06. The maximum atomic E-state index is 11.5. The molecule has 1 atom stereocenters. The van der Waals surface area contributed by atoms with E-state index in [-0.39, 0.29) is 0 Å². The zero-order chi connectivity index (χ0) is 13.8. The minimum atomic E-state index is -1.06. The zero-order valence-corrected chi connectivity index (χ0v) is 10.6. The summed E-state index contributed by atoms with van der Waals surface area (Å²) in [5.74, 6) is -0.593. The molecule has 0 saturated heterocycles. The number of carboxylic acid groups (broad SMARTS) is 1. The van der Waals surface area contributed by atoms with E-state index in [4.69, 9.17) is 9.84 Å². The first-order valence-corrected chi connectivity index (χ1v) is 6.03.